The van der Waals surface area contributed by atoms with Crippen molar-refractivity contribution in [2.24, 2.45) is 35.2 Å². The average molecular weight is 1740 g/mol. The fourth-order valence-electron chi connectivity index (χ4n) is 20.9. The maximum atomic E-state index is 4.56. The van der Waals surface area contributed by atoms with E-state index >= 15 is 0 Å². The largest absolute Gasteiger partial charge is 0.344 e. The molecule has 644 valence electrons. The van der Waals surface area contributed by atoms with Gasteiger partial charge in [0, 0.05) is 237 Å². The number of para-hydroxylation sites is 12. The second-order valence-corrected chi connectivity index (χ2v) is 34.6. The van der Waals surface area contributed by atoms with E-state index in [-0.39, 0.29) is 0 Å². The molecule has 11 heterocycles. The Bertz CT molecular complexity index is 8430. The topological polar surface area (TPSA) is 84.6 Å². The number of nitrogens with zero attached hydrogens (tertiary/aromatic N) is 13. The van der Waals surface area contributed by atoms with Gasteiger partial charge in [-0.1, -0.05) is 218 Å². The SMILES string of the molecule is Cn1c2ccc(N(c3ccccc3)c3ccccc3)cc2c2cccnc21.Cn1c2ccccc2c2cc(-n3c4ccccc4c4ccccc43)ccc21.Cn1c2ccccc2c2cc(-n3c4ccccc4c4ccccc43)ccc21.Cn1c2ccncc2c2cc(-n3c4ccccc4c4ccccc43)ccc21.Cn1c2ccncc2c2cc(N(c3ccccc3)c3ccccc3)ccc21. The van der Waals surface area contributed by atoms with E-state index in [1.807, 2.05) is 61.3 Å². The molecule has 0 unspecified atom stereocenters. The summed E-state index contributed by atoms with van der Waals surface area (Å²) in [5.41, 5.74) is 30.0. The van der Waals surface area contributed by atoms with Crippen molar-refractivity contribution in [3.63, 3.8) is 0 Å². The van der Waals surface area contributed by atoms with Crippen LogP contribution in [-0.2, 0) is 35.2 Å². The van der Waals surface area contributed by atoms with Gasteiger partial charge in [0.1, 0.15) is 5.65 Å². The van der Waals surface area contributed by atoms with Crippen LogP contribution >= 0.6 is 0 Å². The number of rotatable bonds is 9. The van der Waals surface area contributed by atoms with Gasteiger partial charge in [0.25, 0.3) is 0 Å². The molecule has 0 saturated carbocycles. The van der Waals surface area contributed by atoms with Gasteiger partial charge < -0.3 is 46.3 Å². The van der Waals surface area contributed by atoms with Gasteiger partial charge in [-0.15, -0.1) is 0 Å². The van der Waals surface area contributed by atoms with Crippen molar-refractivity contribution < 1.29 is 0 Å². The lowest BCUT2D eigenvalue weighted by atomic mass is 10.1. The summed E-state index contributed by atoms with van der Waals surface area (Å²) in [6.45, 7) is 0. The van der Waals surface area contributed by atoms with Gasteiger partial charge >= 0.3 is 0 Å². The van der Waals surface area contributed by atoms with Gasteiger partial charge in [0.15, 0.2) is 0 Å². The number of fused-ring (bicyclic) bond motifs is 24. The van der Waals surface area contributed by atoms with E-state index in [0.29, 0.717) is 0 Å². The predicted octanol–water partition coefficient (Wildman–Crippen LogP) is 31.1. The molecule has 0 aliphatic heterocycles. The van der Waals surface area contributed by atoms with Crippen LogP contribution in [0.15, 0.2) is 462 Å². The van der Waals surface area contributed by atoms with Crippen molar-refractivity contribution in [2.75, 3.05) is 9.80 Å². The molecule has 11 aromatic heterocycles. The number of anilines is 6. The molecule has 0 bridgehead atoms. The number of pyridine rings is 3. The first-order valence-electron chi connectivity index (χ1n) is 45.8. The molecule has 13 heteroatoms. The summed E-state index contributed by atoms with van der Waals surface area (Å²) in [6.07, 6.45) is 9.48. The molecule has 28 rings (SSSR count). The zero-order valence-electron chi connectivity index (χ0n) is 75.2. The molecular formula is C122H91N13. The zero-order chi connectivity index (χ0) is 90.3. The number of benzene rings is 17. The highest BCUT2D eigenvalue weighted by atomic mass is 15.2. The van der Waals surface area contributed by atoms with Crippen LogP contribution in [0.5, 0.6) is 0 Å². The minimum Gasteiger partial charge on any atom is -0.344 e. The zero-order valence-corrected chi connectivity index (χ0v) is 75.2. The molecule has 0 N–H and O–H groups in total. The monoisotopic (exact) mass is 1740 g/mol. The fourth-order valence-corrected chi connectivity index (χ4v) is 20.9. The summed E-state index contributed by atoms with van der Waals surface area (Å²) in [4.78, 5) is 17.8. The van der Waals surface area contributed by atoms with Crippen molar-refractivity contribution in [3.8, 4) is 17.1 Å². The molecule has 0 fully saturated rings. The van der Waals surface area contributed by atoms with Crippen molar-refractivity contribution in [1.29, 1.82) is 0 Å². The van der Waals surface area contributed by atoms with E-state index in [1.54, 1.807) is 0 Å². The number of aryl methyl sites for hydroxylation is 5. The Balaban J connectivity index is 0.0000000925. The first kappa shape index (κ1) is 80.5. The molecule has 0 radical (unpaired) electrons. The molecule has 135 heavy (non-hydrogen) atoms. The van der Waals surface area contributed by atoms with Gasteiger partial charge in [0.05, 0.1) is 49.7 Å². The summed E-state index contributed by atoms with van der Waals surface area (Å²) >= 11 is 0. The van der Waals surface area contributed by atoms with Gasteiger partial charge in [-0.05, 0) is 212 Å². The van der Waals surface area contributed by atoms with E-state index in [9.17, 15) is 0 Å². The molecule has 17 aromatic carbocycles. The van der Waals surface area contributed by atoms with Crippen molar-refractivity contribution in [2.45, 2.75) is 0 Å². The third kappa shape index (κ3) is 13.7. The van der Waals surface area contributed by atoms with Crippen LogP contribution in [0.4, 0.5) is 34.1 Å². The molecule has 0 amide bonds. The number of hydrogen-bond acceptors (Lipinski definition) is 5. The maximum Gasteiger partial charge on any atom is 0.140 e. The maximum absolute atomic E-state index is 4.56. The third-order valence-electron chi connectivity index (χ3n) is 27.2. The molecule has 0 aliphatic rings. The normalized spacial score (nSPS) is 11.6. The lowest BCUT2D eigenvalue weighted by Crippen LogP contribution is -2.09. The second-order valence-electron chi connectivity index (χ2n) is 34.6. The molecule has 28 aromatic rings. The first-order valence-corrected chi connectivity index (χ1v) is 45.8. The molecule has 0 aliphatic carbocycles. The van der Waals surface area contributed by atoms with Crippen molar-refractivity contribution in [3.05, 3.63) is 462 Å². The Morgan fingerprint density at radius 1 is 0.163 bits per heavy atom. The van der Waals surface area contributed by atoms with Crippen LogP contribution in [0.3, 0.4) is 0 Å². The smallest absolute Gasteiger partial charge is 0.140 e. The minimum atomic E-state index is 1.01. The van der Waals surface area contributed by atoms with Gasteiger partial charge in [-0.25, -0.2) is 4.98 Å². The van der Waals surface area contributed by atoms with E-state index < -0.39 is 0 Å². The van der Waals surface area contributed by atoms with Crippen LogP contribution in [0.25, 0.3) is 192 Å². The highest BCUT2D eigenvalue weighted by molar-refractivity contribution is 6.17. The quantitative estimate of drug-likeness (QED) is 0.144. The van der Waals surface area contributed by atoms with E-state index in [1.165, 1.54) is 186 Å². The van der Waals surface area contributed by atoms with E-state index in [0.717, 1.165) is 39.8 Å². The Morgan fingerprint density at radius 3 is 0.711 bits per heavy atom. The number of aromatic nitrogens is 11. The molecule has 0 atom stereocenters. The van der Waals surface area contributed by atoms with Crippen LogP contribution in [0.2, 0.25) is 0 Å². The lowest BCUT2D eigenvalue weighted by molar-refractivity contribution is 0.989. The highest BCUT2D eigenvalue weighted by Gasteiger charge is 2.23. The Morgan fingerprint density at radius 2 is 0.393 bits per heavy atom. The summed E-state index contributed by atoms with van der Waals surface area (Å²) in [5.74, 6) is 0. The standard InChI is InChI=1S/2C25H18N2.C24H17N3.2C24H19N3/c2*1-26-22-11-5-2-10-20(22)21-16-17(14-15-23(21)26)27-24-12-6-3-8-18(24)19-9-4-7-13-25(19)27;1-26-21-11-10-16(14-19(21)20-15-25-13-12-22(20)26)27-23-8-4-2-6-17(23)18-7-3-5-9-24(18)27;1-26-23-15-14-20(17-22(23)21-13-8-16-25-24(21)26)27(18-9-4-2-5-10-18)19-11-6-3-7-12-19;1-26-23-13-12-20(16-21(23)22-17-25-15-14-24(22)26)27(18-8-4-2-5-9-18)19-10-6-3-7-11-19/h2*2-16H,1H3;2-15H,1H3;2*2-17H,1H3. The third-order valence-corrected chi connectivity index (χ3v) is 27.2. The summed E-state index contributed by atoms with van der Waals surface area (Å²) in [7, 11) is 10.6. The van der Waals surface area contributed by atoms with Crippen LogP contribution < -0.4 is 9.80 Å². The van der Waals surface area contributed by atoms with E-state index in [2.05, 4.69) is 497 Å². The average Bonchev–Trinajstić information content (AvgIpc) is 1.59. The number of hydrogen-bond donors (Lipinski definition) is 0. The van der Waals surface area contributed by atoms with Gasteiger partial charge in [0.2, 0.25) is 0 Å². The molecular weight excluding hydrogens is 1650 g/mol. The van der Waals surface area contributed by atoms with Crippen LogP contribution in [-0.4, -0.2) is 51.5 Å². The Kier molecular flexibility index (Phi) is 20.0. The minimum absolute atomic E-state index is 1.01. The summed E-state index contributed by atoms with van der Waals surface area (Å²) in [6, 6.07) is 153. The molecule has 0 spiro atoms. The summed E-state index contributed by atoms with van der Waals surface area (Å²) in [5, 5.41) is 20.2. The summed E-state index contributed by atoms with van der Waals surface area (Å²) < 4.78 is 18.3. The highest BCUT2D eigenvalue weighted by Crippen LogP contribution is 2.44. The predicted molar refractivity (Wildman–Crippen MR) is 568 cm³/mol. The van der Waals surface area contributed by atoms with Crippen molar-refractivity contribution in [1.82, 2.24) is 51.5 Å². The van der Waals surface area contributed by atoms with Crippen LogP contribution in [0.1, 0.15) is 0 Å². The van der Waals surface area contributed by atoms with E-state index in [4.69, 9.17) is 0 Å². The van der Waals surface area contributed by atoms with Crippen molar-refractivity contribution >= 4 is 209 Å². The van der Waals surface area contributed by atoms with Crippen LogP contribution in [0, 0.1) is 0 Å². The Labute approximate surface area is 778 Å². The lowest BCUT2D eigenvalue weighted by Gasteiger charge is -2.25. The molecule has 0 saturated heterocycles. The van der Waals surface area contributed by atoms with Gasteiger partial charge in [-0.3, -0.25) is 9.97 Å². The Hall–Kier alpha value is -17.8. The molecule has 13 nitrogen and oxygen atoms in total. The second kappa shape index (κ2) is 33.6. The fraction of sp³-hybridized carbons (Fsp3) is 0.0410. The van der Waals surface area contributed by atoms with Gasteiger partial charge in [-0.2, -0.15) is 0 Å². The first-order chi connectivity index (χ1) is 66.6.